The van der Waals surface area contributed by atoms with E-state index in [1.165, 1.54) is 62.8 Å². The number of methoxy groups -OCH3 is 2. The van der Waals surface area contributed by atoms with Crippen molar-refractivity contribution >= 4 is 23.6 Å². The van der Waals surface area contributed by atoms with Crippen LogP contribution >= 0.6 is 0 Å². The Bertz CT molecular complexity index is 786. The van der Waals surface area contributed by atoms with Crippen LogP contribution in [0.25, 0.3) is 6.08 Å². The predicted molar refractivity (Wildman–Crippen MR) is 90.1 cm³/mol. The van der Waals surface area contributed by atoms with E-state index in [0.717, 1.165) is 0 Å². The molecule has 0 fully saturated rings. The lowest BCUT2D eigenvalue weighted by molar-refractivity contribution is -0.271. The maximum atomic E-state index is 11.9. The quantitative estimate of drug-likeness (QED) is 0.779. The Balaban J connectivity index is 2.10. The number of hydrogen-bond acceptors (Lipinski definition) is 5. The molecule has 7 nitrogen and oxygen atoms in total. The Morgan fingerprint density at radius 1 is 1.08 bits per heavy atom. The number of benzene rings is 2. The fourth-order valence-corrected chi connectivity index (χ4v) is 2.05. The fraction of sp³-hybridized carbons (Fsp3) is 0.111. The highest BCUT2D eigenvalue weighted by molar-refractivity contribution is 6.02. The van der Waals surface area contributed by atoms with Crippen molar-refractivity contribution in [3.8, 4) is 17.2 Å². The molecule has 7 heteroatoms. The van der Waals surface area contributed by atoms with Gasteiger partial charge < -0.3 is 25.0 Å². The molecule has 0 spiro atoms. The molecule has 0 bridgehead atoms. The molecule has 0 saturated heterocycles. The molecular weight excluding hydrogens is 326 g/mol. The molecule has 0 saturated carbocycles. The van der Waals surface area contributed by atoms with Gasteiger partial charge in [0.25, 0.3) is 0 Å². The van der Waals surface area contributed by atoms with Crippen molar-refractivity contribution in [3.63, 3.8) is 0 Å². The van der Waals surface area contributed by atoms with Crippen molar-refractivity contribution < 1.29 is 29.3 Å². The second kappa shape index (κ2) is 7.87. The molecule has 1 amide bonds. The van der Waals surface area contributed by atoms with E-state index in [2.05, 4.69) is 5.32 Å². The first-order chi connectivity index (χ1) is 11.9. The van der Waals surface area contributed by atoms with Gasteiger partial charge in [-0.25, -0.2) is 4.79 Å². The minimum Gasteiger partial charge on any atom is -0.867 e. The first kappa shape index (κ1) is 17.9. The lowest BCUT2D eigenvalue weighted by atomic mass is 10.1. The van der Waals surface area contributed by atoms with Crippen molar-refractivity contribution in [3.05, 3.63) is 53.6 Å². The summed E-state index contributed by atoms with van der Waals surface area (Å²) in [5.41, 5.74) is 1.15. The number of amides is 1. The van der Waals surface area contributed by atoms with Crippen molar-refractivity contribution in [2.75, 3.05) is 19.5 Å². The average Bonchev–Trinajstić information content (AvgIpc) is 2.61. The van der Waals surface area contributed by atoms with Gasteiger partial charge in [-0.3, -0.25) is 4.79 Å². The van der Waals surface area contributed by atoms with Crippen molar-refractivity contribution in [2.45, 2.75) is 0 Å². The fourth-order valence-electron chi connectivity index (χ4n) is 2.05. The lowest BCUT2D eigenvalue weighted by Crippen LogP contribution is -2.08. The van der Waals surface area contributed by atoms with Crippen LogP contribution in [0.4, 0.5) is 5.69 Å². The monoisotopic (exact) mass is 342 g/mol. The van der Waals surface area contributed by atoms with Gasteiger partial charge in [-0.15, -0.1) is 0 Å². The van der Waals surface area contributed by atoms with Gasteiger partial charge in [0.1, 0.15) is 11.5 Å². The molecule has 0 atom stereocenters. The zero-order valence-electron chi connectivity index (χ0n) is 13.6. The first-order valence-corrected chi connectivity index (χ1v) is 7.20. The molecule has 0 aliphatic heterocycles. The summed E-state index contributed by atoms with van der Waals surface area (Å²) in [4.78, 5) is 22.7. The molecule has 2 aromatic rings. The summed E-state index contributed by atoms with van der Waals surface area (Å²) in [5.74, 6) is -1.59. The smallest absolute Gasteiger partial charge is 0.335 e. The van der Waals surface area contributed by atoms with Crippen molar-refractivity contribution in [1.29, 1.82) is 0 Å². The number of rotatable bonds is 6. The molecule has 0 aliphatic rings. The van der Waals surface area contributed by atoms with E-state index in [-0.39, 0.29) is 22.8 Å². The van der Waals surface area contributed by atoms with Crippen LogP contribution in [0, 0.1) is 0 Å². The number of carboxylic acids is 1. The Morgan fingerprint density at radius 2 is 1.64 bits per heavy atom. The molecule has 2 rings (SSSR count). The molecule has 0 aromatic heterocycles. The summed E-state index contributed by atoms with van der Waals surface area (Å²) in [7, 11) is 2.74. The highest BCUT2D eigenvalue weighted by Crippen LogP contribution is 2.35. The number of hydrogen-bond donors (Lipinski definition) is 2. The van der Waals surface area contributed by atoms with Gasteiger partial charge in [-0.2, -0.15) is 0 Å². The third kappa shape index (κ3) is 4.51. The number of carbonyl (C=O) groups excluding carboxylic acids is 1. The molecule has 130 valence electrons. The second-order valence-corrected chi connectivity index (χ2v) is 4.96. The maximum Gasteiger partial charge on any atom is 0.335 e. The van der Waals surface area contributed by atoms with Crippen LogP contribution in [0.5, 0.6) is 17.2 Å². The van der Waals surface area contributed by atoms with E-state index >= 15 is 0 Å². The van der Waals surface area contributed by atoms with Crippen LogP contribution in [-0.4, -0.2) is 31.2 Å². The molecule has 0 aliphatic carbocycles. The summed E-state index contributed by atoms with van der Waals surface area (Å²) in [5, 5.41) is 23.3. The van der Waals surface area contributed by atoms with Crippen LogP contribution in [-0.2, 0) is 4.79 Å². The summed E-state index contributed by atoms with van der Waals surface area (Å²) in [6.45, 7) is 0. The highest BCUT2D eigenvalue weighted by atomic mass is 16.5. The van der Waals surface area contributed by atoms with Gasteiger partial charge in [0.15, 0.2) is 0 Å². The van der Waals surface area contributed by atoms with Crippen LogP contribution in [0.2, 0.25) is 0 Å². The predicted octanol–water partition coefficient (Wildman–Crippen LogP) is 2.13. The molecule has 2 aromatic carbocycles. The van der Waals surface area contributed by atoms with Gasteiger partial charge in [0.05, 0.1) is 19.8 Å². The maximum absolute atomic E-state index is 11.9. The van der Waals surface area contributed by atoms with E-state index in [1.807, 2.05) is 0 Å². The Kier molecular flexibility index (Phi) is 5.62. The number of carbonyl (C=O) groups is 2. The van der Waals surface area contributed by atoms with Crippen molar-refractivity contribution in [1.82, 2.24) is 0 Å². The molecule has 0 unspecified atom stereocenters. The topological polar surface area (TPSA) is 108 Å². The normalized spacial score (nSPS) is 10.5. The number of nitrogens with one attached hydrogen (secondary N) is 1. The van der Waals surface area contributed by atoms with Gasteiger partial charge >= 0.3 is 5.97 Å². The minimum absolute atomic E-state index is 0.115. The summed E-state index contributed by atoms with van der Waals surface area (Å²) in [6.07, 6.45) is 2.79. The number of aromatic carboxylic acids is 1. The Labute approximate surface area is 144 Å². The summed E-state index contributed by atoms with van der Waals surface area (Å²) >= 11 is 0. The standard InChI is InChI=1S/C18H17NO6/c1-24-14-9-11(10-15(25-2)17(14)21)3-8-16(20)19-13-6-4-12(5-7-13)18(22)23/h3-10,21H,1-2H3,(H,19,20)(H,22,23)/p-1. The first-order valence-electron chi connectivity index (χ1n) is 7.20. The number of ether oxygens (including phenoxy) is 2. The minimum atomic E-state index is -1.04. The third-order valence-electron chi connectivity index (χ3n) is 3.31. The Hall–Kier alpha value is -3.48. The van der Waals surface area contributed by atoms with Gasteiger partial charge in [-0.05, 0) is 53.8 Å². The van der Waals surface area contributed by atoms with Crippen LogP contribution < -0.4 is 19.9 Å². The van der Waals surface area contributed by atoms with Crippen molar-refractivity contribution in [2.24, 2.45) is 0 Å². The highest BCUT2D eigenvalue weighted by Gasteiger charge is 2.05. The molecule has 0 heterocycles. The summed E-state index contributed by atoms with van der Waals surface area (Å²) < 4.78 is 9.97. The summed E-state index contributed by atoms with van der Waals surface area (Å²) in [6, 6.07) is 8.77. The number of carboxylic acid groups (broad SMARTS) is 1. The van der Waals surface area contributed by atoms with Crippen LogP contribution in [0.3, 0.4) is 0 Å². The lowest BCUT2D eigenvalue weighted by Gasteiger charge is -2.17. The number of anilines is 1. The van der Waals surface area contributed by atoms with Crippen LogP contribution in [0.1, 0.15) is 15.9 Å². The molecule has 2 N–H and O–H groups in total. The molecular formula is C18H16NO6-. The van der Waals surface area contributed by atoms with Gasteiger partial charge in [-0.1, -0.05) is 0 Å². The SMILES string of the molecule is COc1cc(C=CC(=O)Nc2ccc(C(=O)O)cc2)cc(OC)c1[O-]. The molecule has 0 radical (unpaired) electrons. The molecule has 25 heavy (non-hydrogen) atoms. The van der Waals surface area contributed by atoms with E-state index in [0.29, 0.717) is 11.3 Å². The third-order valence-corrected chi connectivity index (χ3v) is 3.31. The van der Waals surface area contributed by atoms with E-state index in [9.17, 15) is 14.7 Å². The van der Waals surface area contributed by atoms with E-state index < -0.39 is 11.9 Å². The zero-order chi connectivity index (χ0) is 18.4. The van der Waals surface area contributed by atoms with E-state index in [4.69, 9.17) is 14.6 Å². The van der Waals surface area contributed by atoms with Crippen LogP contribution in [0.15, 0.2) is 42.5 Å². The Morgan fingerprint density at radius 3 is 2.12 bits per heavy atom. The zero-order valence-corrected chi connectivity index (χ0v) is 13.6. The van der Waals surface area contributed by atoms with E-state index in [1.54, 1.807) is 0 Å². The largest absolute Gasteiger partial charge is 0.867 e. The average molecular weight is 342 g/mol. The second-order valence-electron chi connectivity index (χ2n) is 4.96. The van der Waals surface area contributed by atoms with Gasteiger partial charge in [0, 0.05) is 11.8 Å². The van der Waals surface area contributed by atoms with Gasteiger partial charge in [0.2, 0.25) is 5.91 Å².